The van der Waals surface area contributed by atoms with Gasteiger partial charge in [0.25, 0.3) is 0 Å². The Hall–Kier alpha value is -0.530. The van der Waals surface area contributed by atoms with Crippen LogP contribution in [0.25, 0.3) is 0 Å². The zero-order chi connectivity index (χ0) is 13.2. The van der Waals surface area contributed by atoms with Crippen molar-refractivity contribution in [1.29, 1.82) is 0 Å². The van der Waals surface area contributed by atoms with Gasteiger partial charge in [-0.3, -0.25) is 0 Å². The number of hydrogen-bond donors (Lipinski definition) is 1. The van der Waals surface area contributed by atoms with E-state index in [1.807, 2.05) is 12.1 Å². The summed E-state index contributed by atoms with van der Waals surface area (Å²) in [5, 5.41) is 4.66. The zero-order valence-corrected chi connectivity index (χ0v) is 12.5. The van der Waals surface area contributed by atoms with Crippen LogP contribution in [-0.2, 0) is 5.54 Å². The van der Waals surface area contributed by atoms with Crippen molar-refractivity contribution in [2.75, 3.05) is 6.54 Å². The normalized spacial score (nSPS) is 25.1. The second-order valence-electron chi connectivity index (χ2n) is 6.68. The Balaban J connectivity index is 2.39. The molecule has 2 rings (SSSR count). The van der Waals surface area contributed by atoms with E-state index in [0.29, 0.717) is 5.41 Å². The third-order valence-corrected chi connectivity index (χ3v) is 4.04. The van der Waals surface area contributed by atoms with Crippen LogP contribution in [0.5, 0.6) is 0 Å². The minimum absolute atomic E-state index is 0.0643. The summed E-state index contributed by atoms with van der Waals surface area (Å²) >= 11 is 6.44. The van der Waals surface area contributed by atoms with Gasteiger partial charge in [-0.15, -0.1) is 0 Å². The molecule has 0 saturated carbocycles. The summed E-state index contributed by atoms with van der Waals surface area (Å²) in [6.07, 6.45) is 4.88. The summed E-state index contributed by atoms with van der Waals surface area (Å²) in [4.78, 5) is 0. The molecule has 0 radical (unpaired) electrons. The van der Waals surface area contributed by atoms with Gasteiger partial charge in [0.15, 0.2) is 0 Å². The molecule has 1 nitrogen and oxygen atoms in total. The minimum Gasteiger partial charge on any atom is -0.307 e. The zero-order valence-electron chi connectivity index (χ0n) is 11.7. The predicted molar refractivity (Wildman–Crippen MR) is 79.1 cm³/mol. The number of nitrogens with one attached hydrogen (secondary N) is 1. The van der Waals surface area contributed by atoms with Crippen LogP contribution in [0.15, 0.2) is 24.3 Å². The molecule has 1 heterocycles. The summed E-state index contributed by atoms with van der Waals surface area (Å²) in [5.41, 5.74) is 1.64. The highest BCUT2D eigenvalue weighted by molar-refractivity contribution is 6.31. The Morgan fingerprint density at radius 1 is 1.22 bits per heavy atom. The highest BCUT2D eigenvalue weighted by Crippen LogP contribution is 2.42. The van der Waals surface area contributed by atoms with E-state index in [0.717, 1.165) is 18.0 Å². The number of benzene rings is 1. The first-order valence-electron chi connectivity index (χ1n) is 6.93. The maximum atomic E-state index is 6.44. The molecular formula is C16H24ClN. The van der Waals surface area contributed by atoms with E-state index >= 15 is 0 Å². The molecule has 1 unspecified atom stereocenters. The fourth-order valence-electron chi connectivity index (χ4n) is 3.20. The van der Waals surface area contributed by atoms with Crippen molar-refractivity contribution in [1.82, 2.24) is 5.32 Å². The predicted octanol–water partition coefficient (Wildman–Crippen LogP) is 4.75. The Kier molecular flexibility index (Phi) is 4.03. The molecular weight excluding hydrogens is 242 g/mol. The molecule has 1 fully saturated rings. The lowest BCUT2D eigenvalue weighted by molar-refractivity contribution is 0.169. The fourth-order valence-corrected chi connectivity index (χ4v) is 3.52. The van der Waals surface area contributed by atoms with E-state index in [2.05, 4.69) is 38.2 Å². The number of rotatable bonds is 2. The first kappa shape index (κ1) is 13.9. The highest BCUT2D eigenvalue weighted by Gasteiger charge is 2.38. The third-order valence-electron chi connectivity index (χ3n) is 3.72. The van der Waals surface area contributed by atoms with Crippen LogP contribution < -0.4 is 5.32 Å². The molecule has 1 aliphatic rings. The van der Waals surface area contributed by atoms with E-state index in [1.165, 1.54) is 24.8 Å². The monoisotopic (exact) mass is 265 g/mol. The van der Waals surface area contributed by atoms with E-state index in [9.17, 15) is 0 Å². The minimum atomic E-state index is 0.0643. The number of piperidine rings is 1. The molecule has 0 bridgehead atoms. The number of hydrogen-bond acceptors (Lipinski definition) is 1. The first-order chi connectivity index (χ1) is 8.43. The van der Waals surface area contributed by atoms with Crippen LogP contribution in [0.1, 0.15) is 52.0 Å². The molecule has 0 aliphatic carbocycles. The Morgan fingerprint density at radius 2 is 1.94 bits per heavy atom. The summed E-state index contributed by atoms with van der Waals surface area (Å²) < 4.78 is 0. The molecule has 1 N–H and O–H groups in total. The Labute approximate surface area is 116 Å². The lowest BCUT2D eigenvalue weighted by atomic mass is 9.72. The van der Waals surface area contributed by atoms with Gasteiger partial charge in [-0.1, -0.05) is 57.0 Å². The smallest absolute Gasteiger partial charge is 0.0456 e. The van der Waals surface area contributed by atoms with Gasteiger partial charge in [0, 0.05) is 10.6 Å². The third kappa shape index (κ3) is 3.07. The fraction of sp³-hybridized carbons (Fsp3) is 0.625. The van der Waals surface area contributed by atoms with Crippen LogP contribution in [0.3, 0.4) is 0 Å². The molecule has 1 aromatic carbocycles. The van der Waals surface area contributed by atoms with Gasteiger partial charge in [0.1, 0.15) is 0 Å². The second-order valence-corrected chi connectivity index (χ2v) is 7.09. The van der Waals surface area contributed by atoms with Crippen LogP contribution in [-0.4, -0.2) is 6.54 Å². The van der Waals surface area contributed by atoms with Crippen LogP contribution in [0.4, 0.5) is 0 Å². The summed E-state index contributed by atoms with van der Waals surface area (Å²) in [7, 11) is 0. The van der Waals surface area contributed by atoms with Crippen molar-refractivity contribution >= 4 is 11.6 Å². The quantitative estimate of drug-likeness (QED) is 0.814. The molecule has 1 atom stereocenters. The van der Waals surface area contributed by atoms with Crippen molar-refractivity contribution in [2.24, 2.45) is 5.41 Å². The van der Waals surface area contributed by atoms with E-state index in [4.69, 9.17) is 11.6 Å². The molecule has 1 saturated heterocycles. The van der Waals surface area contributed by atoms with Crippen molar-refractivity contribution in [3.8, 4) is 0 Å². The molecule has 1 aromatic rings. The topological polar surface area (TPSA) is 12.0 Å². The standard InChI is InChI=1S/C16H24ClN/c1-15(2,3)12-16(10-6-7-11-18-16)13-8-4-5-9-14(13)17/h4-5,8-9,18H,6-7,10-12H2,1-3H3. The highest BCUT2D eigenvalue weighted by atomic mass is 35.5. The van der Waals surface area contributed by atoms with Gasteiger partial charge < -0.3 is 5.32 Å². The number of halogens is 1. The van der Waals surface area contributed by atoms with Gasteiger partial charge in [-0.05, 0) is 42.9 Å². The average Bonchev–Trinajstić information content (AvgIpc) is 2.28. The largest absolute Gasteiger partial charge is 0.307 e. The van der Waals surface area contributed by atoms with Crippen LogP contribution in [0.2, 0.25) is 5.02 Å². The van der Waals surface area contributed by atoms with E-state index in [-0.39, 0.29) is 5.54 Å². The molecule has 0 amide bonds. The van der Waals surface area contributed by atoms with Crippen molar-refractivity contribution in [3.05, 3.63) is 34.9 Å². The summed E-state index contributed by atoms with van der Waals surface area (Å²) in [6.45, 7) is 8.02. The van der Waals surface area contributed by atoms with Crippen LogP contribution >= 0.6 is 11.6 Å². The molecule has 18 heavy (non-hydrogen) atoms. The van der Waals surface area contributed by atoms with E-state index < -0.39 is 0 Å². The second kappa shape index (κ2) is 5.22. The maximum Gasteiger partial charge on any atom is 0.0456 e. The maximum absolute atomic E-state index is 6.44. The summed E-state index contributed by atoms with van der Waals surface area (Å²) in [6, 6.07) is 8.31. The van der Waals surface area contributed by atoms with Gasteiger partial charge in [-0.25, -0.2) is 0 Å². The Bertz CT molecular complexity index is 400. The molecule has 0 aromatic heterocycles. The van der Waals surface area contributed by atoms with Gasteiger partial charge in [0.05, 0.1) is 0 Å². The summed E-state index contributed by atoms with van der Waals surface area (Å²) in [5.74, 6) is 0. The van der Waals surface area contributed by atoms with Crippen molar-refractivity contribution in [3.63, 3.8) is 0 Å². The molecule has 2 heteroatoms. The van der Waals surface area contributed by atoms with Crippen LogP contribution in [0, 0.1) is 5.41 Å². The van der Waals surface area contributed by atoms with Crippen molar-refractivity contribution in [2.45, 2.75) is 52.0 Å². The van der Waals surface area contributed by atoms with Gasteiger partial charge >= 0.3 is 0 Å². The van der Waals surface area contributed by atoms with Gasteiger partial charge in [-0.2, -0.15) is 0 Å². The van der Waals surface area contributed by atoms with Crippen molar-refractivity contribution < 1.29 is 0 Å². The lowest BCUT2D eigenvalue weighted by Gasteiger charge is -2.43. The van der Waals surface area contributed by atoms with E-state index in [1.54, 1.807) is 0 Å². The lowest BCUT2D eigenvalue weighted by Crippen LogP contribution is -2.48. The Morgan fingerprint density at radius 3 is 2.50 bits per heavy atom. The molecule has 1 aliphatic heterocycles. The average molecular weight is 266 g/mol. The first-order valence-corrected chi connectivity index (χ1v) is 7.31. The molecule has 0 spiro atoms. The SMILES string of the molecule is CC(C)(C)CC1(c2ccccc2Cl)CCCCN1. The molecule has 100 valence electrons. The van der Waals surface area contributed by atoms with Gasteiger partial charge in [0.2, 0.25) is 0 Å².